The first kappa shape index (κ1) is 22.6. The van der Waals surface area contributed by atoms with E-state index in [1.807, 2.05) is 37.3 Å². The molecule has 4 N–H and O–H groups in total. The normalized spacial score (nSPS) is 11.7. The number of furan rings is 1. The summed E-state index contributed by atoms with van der Waals surface area (Å²) in [6.07, 6.45) is 1.86. The molecule has 0 aliphatic rings. The van der Waals surface area contributed by atoms with E-state index in [1.54, 1.807) is 6.07 Å². The number of rotatable bonds is 8. The van der Waals surface area contributed by atoms with Crippen molar-refractivity contribution >= 4 is 23.3 Å². The van der Waals surface area contributed by atoms with Gasteiger partial charge in [-0.15, -0.1) is 0 Å². The maximum absolute atomic E-state index is 13.2. The Labute approximate surface area is 183 Å². The fourth-order valence-electron chi connectivity index (χ4n) is 3.29. The Morgan fingerprint density at radius 3 is 2.53 bits per heavy atom. The van der Waals surface area contributed by atoms with Gasteiger partial charge in [0.2, 0.25) is 5.91 Å². The molecule has 10 heteroatoms. The minimum absolute atomic E-state index is 0.0560. The summed E-state index contributed by atoms with van der Waals surface area (Å²) in [4.78, 5) is 54.0. The molecule has 0 fully saturated rings. The van der Waals surface area contributed by atoms with Crippen molar-refractivity contribution in [3.05, 3.63) is 80.9 Å². The highest BCUT2D eigenvalue weighted by molar-refractivity contribution is 6.02. The fraction of sp³-hybridized carbons (Fsp3) is 0.273. The SMILES string of the molecule is CCCN(C(=O)[C@@H](C)NC(=O)c1ccco1)c1c(N)n(Cc2ccccc2)c(=O)[nH]c1=O. The second kappa shape index (κ2) is 9.82. The number of nitrogens with one attached hydrogen (secondary N) is 2. The van der Waals surface area contributed by atoms with Gasteiger partial charge in [0.1, 0.15) is 11.9 Å². The predicted octanol–water partition coefficient (Wildman–Crippen LogP) is 1.32. The number of nitrogens with two attached hydrogens (primary N) is 1. The molecule has 32 heavy (non-hydrogen) atoms. The van der Waals surface area contributed by atoms with Crippen LogP contribution in [0.2, 0.25) is 0 Å². The van der Waals surface area contributed by atoms with E-state index in [-0.39, 0.29) is 30.4 Å². The number of hydrogen-bond donors (Lipinski definition) is 3. The van der Waals surface area contributed by atoms with Crippen molar-refractivity contribution in [2.24, 2.45) is 0 Å². The Morgan fingerprint density at radius 1 is 1.19 bits per heavy atom. The number of anilines is 2. The summed E-state index contributed by atoms with van der Waals surface area (Å²) < 4.78 is 6.24. The molecule has 0 unspecified atom stereocenters. The molecule has 0 bridgehead atoms. The molecule has 0 aliphatic carbocycles. The van der Waals surface area contributed by atoms with Crippen LogP contribution in [-0.4, -0.2) is 34.0 Å². The maximum atomic E-state index is 13.2. The van der Waals surface area contributed by atoms with Crippen LogP contribution in [0.4, 0.5) is 11.5 Å². The van der Waals surface area contributed by atoms with Crippen LogP contribution >= 0.6 is 0 Å². The zero-order valence-corrected chi connectivity index (χ0v) is 17.8. The first-order valence-electron chi connectivity index (χ1n) is 10.2. The van der Waals surface area contributed by atoms with Gasteiger partial charge >= 0.3 is 5.69 Å². The van der Waals surface area contributed by atoms with E-state index >= 15 is 0 Å². The van der Waals surface area contributed by atoms with Crippen LogP contribution in [0.25, 0.3) is 0 Å². The molecule has 0 saturated heterocycles. The highest BCUT2D eigenvalue weighted by Crippen LogP contribution is 2.19. The number of carbonyl (C=O) groups is 2. The molecule has 0 saturated carbocycles. The summed E-state index contributed by atoms with van der Waals surface area (Å²) in [7, 11) is 0. The molecule has 3 rings (SSSR count). The molecule has 0 radical (unpaired) electrons. The first-order chi connectivity index (χ1) is 15.3. The monoisotopic (exact) mass is 439 g/mol. The molecule has 2 aromatic heterocycles. The molecule has 2 heterocycles. The number of aromatic nitrogens is 2. The minimum atomic E-state index is -0.979. The Morgan fingerprint density at radius 2 is 1.91 bits per heavy atom. The zero-order chi connectivity index (χ0) is 23.3. The van der Waals surface area contributed by atoms with Crippen LogP contribution < -0.4 is 27.2 Å². The Kier molecular flexibility index (Phi) is 6.93. The molecule has 1 atom stereocenters. The lowest BCUT2D eigenvalue weighted by Crippen LogP contribution is -2.50. The van der Waals surface area contributed by atoms with E-state index in [0.29, 0.717) is 6.42 Å². The number of amides is 2. The molecule has 168 valence electrons. The second-order valence-electron chi connectivity index (χ2n) is 7.23. The van der Waals surface area contributed by atoms with Crippen molar-refractivity contribution < 1.29 is 14.0 Å². The Hall–Kier alpha value is -4.08. The fourth-order valence-corrected chi connectivity index (χ4v) is 3.29. The van der Waals surface area contributed by atoms with E-state index in [1.165, 1.54) is 28.7 Å². The number of H-pyrrole nitrogens is 1. The van der Waals surface area contributed by atoms with E-state index in [2.05, 4.69) is 10.3 Å². The van der Waals surface area contributed by atoms with E-state index in [0.717, 1.165) is 5.56 Å². The zero-order valence-electron chi connectivity index (χ0n) is 17.8. The summed E-state index contributed by atoms with van der Waals surface area (Å²) in [5.74, 6) is -1.19. The van der Waals surface area contributed by atoms with Crippen molar-refractivity contribution in [1.29, 1.82) is 0 Å². The van der Waals surface area contributed by atoms with Crippen molar-refractivity contribution in [1.82, 2.24) is 14.9 Å². The average molecular weight is 439 g/mol. The van der Waals surface area contributed by atoms with E-state index in [4.69, 9.17) is 10.2 Å². The highest BCUT2D eigenvalue weighted by atomic mass is 16.3. The van der Waals surface area contributed by atoms with E-state index in [9.17, 15) is 19.2 Å². The third-order valence-corrected chi connectivity index (χ3v) is 4.84. The Bertz CT molecular complexity index is 1200. The smallest absolute Gasteiger partial charge is 0.330 e. The lowest BCUT2D eigenvalue weighted by Gasteiger charge is -2.27. The van der Waals surface area contributed by atoms with Gasteiger partial charge < -0.3 is 20.4 Å². The van der Waals surface area contributed by atoms with Gasteiger partial charge in [0, 0.05) is 6.54 Å². The minimum Gasteiger partial charge on any atom is -0.459 e. The topological polar surface area (TPSA) is 143 Å². The lowest BCUT2D eigenvalue weighted by atomic mass is 10.2. The predicted molar refractivity (Wildman–Crippen MR) is 120 cm³/mol. The summed E-state index contributed by atoms with van der Waals surface area (Å²) in [6, 6.07) is 11.2. The van der Waals surface area contributed by atoms with Gasteiger partial charge in [-0.25, -0.2) is 4.79 Å². The maximum Gasteiger partial charge on any atom is 0.330 e. The van der Waals surface area contributed by atoms with Crippen molar-refractivity contribution in [3.8, 4) is 0 Å². The van der Waals surface area contributed by atoms with Crippen molar-refractivity contribution in [2.45, 2.75) is 32.9 Å². The molecule has 10 nitrogen and oxygen atoms in total. The number of nitrogens with zero attached hydrogens (tertiary/aromatic N) is 2. The summed E-state index contributed by atoms with van der Waals surface area (Å²) >= 11 is 0. The average Bonchev–Trinajstić information content (AvgIpc) is 3.31. The standard InChI is InChI=1S/C22H25N5O5/c1-3-11-26(21(30)14(2)24-19(28)16-10-7-12-32-16)17-18(23)27(22(31)25-20(17)29)13-15-8-5-4-6-9-15/h4-10,12,14H,3,11,13,23H2,1-2H3,(H,24,28)(H,25,29,31)/t14-/m1/s1. The number of aromatic amines is 1. The van der Waals surface area contributed by atoms with Crippen LogP contribution in [-0.2, 0) is 11.3 Å². The quantitative estimate of drug-likeness (QED) is 0.483. The Balaban J connectivity index is 1.95. The largest absolute Gasteiger partial charge is 0.459 e. The molecule has 2 amide bonds. The molecule has 1 aromatic carbocycles. The third kappa shape index (κ3) is 4.80. The summed E-state index contributed by atoms with van der Waals surface area (Å²) in [6.45, 7) is 3.61. The number of hydrogen-bond acceptors (Lipinski definition) is 6. The molecule has 0 spiro atoms. The lowest BCUT2D eigenvalue weighted by molar-refractivity contribution is -0.120. The van der Waals surface area contributed by atoms with Gasteiger partial charge in [0.05, 0.1) is 12.8 Å². The molecule has 3 aromatic rings. The van der Waals surface area contributed by atoms with Gasteiger partial charge in [0.25, 0.3) is 11.5 Å². The van der Waals surface area contributed by atoms with E-state index < -0.39 is 29.1 Å². The van der Waals surface area contributed by atoms with Gasteiger partial charge in [-0.3, -0.25) is 23.9 Å². The van der Waals surface area contributed by atoms with Gasteiger partial charge in [-0.05, 0) is 31.0 Å². The summed E-state index contributed by atoms with van der Waals surface area (Å²) in [5, 5.41) is 2.55. The van der Waals surface area contributed by atoms with Gasteiger partial charge in [-0.1, -0.05) is 37.3 Å². The van der Waals surface area contributed by atoms with Crippen LogP contribution in [0.1, 0.15) is 36.4 Å². The van der Waals surface area contributed by atoms with Crippen LogP contribution in [0.15, 0.2) is 62.7 Å². The molecular formula is C22H25N5O5. The van der Waals surface area contributed by atoms with Crippen molar-refractivity contribution in [2.75, 3.05) is 17.2 Å². The molecule has 0 aliphatic heterocycles. The highest BCUT2D eigenvalue weighted by Gasteiger charge is 2.28. The van der Waals surface area contributed by atoms with Gasteiger partial charge in [-0.2, -0.15) is 0 Å². The van der Waals surface area contributed by atoms with Crippen LogP contribution in [0, 0.1) is 0 Å². The number of benzene rings is 1. The van der Waals surface area contributed by atoms with Gasteiger partial charge in [0.15, 0.2) is 11.4 Å². The second-order valence-corrected chi connectivity index (χ2v) is 7.23. The summed E-state index contributed by atoms with van der Waals surface area (Å²) in [5.41, 5.74) is 5.44. The number of carbonyl (C=O) groups excluding carboxylic acids is 2. The van der Waals surface area contributed by atoms with Crippen LogP contribution in [0.5, 0.6) is 0 Å². The number of nitrogen functional groups attached to an aromatic ring is 1. The van der Waals surface area contributed by atoms with Crippen LogP contribution in [0.3, 0.4) is 0 Å². The van der Waals surface area contributed by atoms with Crippen molar-refractivity contribution in [3.63, 3.8) is 0 Å². The first-order valence-corrected chi connectivity index (χ1v) is 10.2. The molecular weight excluding hydrogens is 414 g/mol. The third-order valence-electron chi connectivity index (χ3n) is 4.84.